The van der Waals surface area contributed by atoms with E-state index in [1.807, 2.05) is 27.7 Å². The van der Waals surface area contributed by atoms with E-state index in [1.165, 1.54) is 0 Å². The molecular formula is C14H23F3N2O2. The van der Waals surface area contributed by atoms with Crippen LogP contribution in [0.1, 0.15) is 40.5 Å². The molecule has 2 rings (SSSR count). The lowest BCUT2D eigenvalue weighted by Gasteiger charge is -2.61. The fourth-order valence-corrected chi connectivity index (χ4v) is 2.93. The minimum absolute atomic E-state index is 0.0177. The normalized spacial score (nSPS) is 28.4. The van der Waals surface area contributed by atoms with Crippen LogP contribution >= 0.6 is 0 Å². The number of carbonyl (C=O) groups is 1. The molecule has 0 radical (unpaired) electrons. The van der Waals surface area contributed by atoms with Crippen molar-refractivity contribution in [3.63, 3.8) is 0 Å². The molecular weight excluding hydrogens is 285 g/mol. The fourth-order valence-electron chi connectivity index (χ4n) is 2.93. The summed E-state index contributed by atoms with van der Waals surface area (Å²) in [6.07, 6.45) is -5.28. The van der Waals surface area contributed by atoms with E-state index in [0.29, 0.717) is 6.67 Å². The average molecular weight is 308 g/mol. The van der Waals surface area contributed by atoms with E-state index < -0.39 is 17.2 Å². The molecule has 0 atom stereocenters. The number of carbonyl (C=O) groups excluding carboxylic acids is 1. The Morgan fingerprint density at radius 1 is 1.14 bits per heavy atom. The van der Waals surface area contributed by atoms with E-state index in [1.54, 1.807) is 9.80 Å². The average Bonchev–Trinajstić information content (AvgIpc) is 2.35. The van der Waals surface area contributed by atoms with Crippen LogP contribution in [0.25, 0.3) is 0 Å². The highest BCUT2D eigenvalue weighted by atomic mass is 19.4. The van der Waals surface area contributed by atoms with Gasteiger partial charge in [0.2, 0.25) is 5.91 Å². The third kappa shape index (κ3) is 2.34. The quantitative estimate of drug-likeness (QED) is 0.793. The minimum atomic E-state index is -4.59. The van der Waals surface area contributed by atoms with Gasteiger partial charge in [0.25, 0.3) is 0 Å². The molecule has 0 spiro atoms. The van der Waals surface area contributed by atoms with E-state index in [2.05, 4.69) is 0 Å². The summed E-state index contributed by atoms with van der Waals surface area (Å²) in [4.78, 5) is 15.6. The van der Waals surface area contributed by atoms with Gasteiger partial charge in [0.1, 0.15) is 0 Å². The molecule has 0 aromatic heterocycles. The van der Waals surface area contributed by atoms with E-state index >= 15 is 0 Å². The fraction of sp³-hybridized carbons (Fsp3) is 0.929. The zero-order valence-electron chi connectivity index (χ0n) is 12.9. The molecule has 0 bridgehead atoms. The lowest BCUT2D eigenvalue weighted by molar-refractivity contribution is -0.274. The summed E-state index contributed by atoms with van der Waals surface area (Å²) < 4.78 is 38.2. The molecule has 2 aliphatic heterocycles. The number of rotatable bonds is 2. The molecule has 2 fully saturated rings. The SMILES string of the molecule is CC1(C)C(=O)N(CN2CCC(O)(C(F)(F)F)CC2)C1(C)C. The molecule has 1 amide bonds. The number of nitrogens with zero attached hydrogens (tertiary/aromatic N) is 2. The molecule has 0 unspecified atom stereocenters. The van der Waals surface area contributed by atoms with Gasteiger partial charge in [0, 0.05) is 13.1 Å². The summed E-state index contributed by atoms with van der Waals surface area (Å²) in [6.45, 7) is 8.28. The summed E-state index contributed by atoms with van der Waals surface area (Å²) in [6, 6.07) is 0. The van der Waals surface area contributed by atoms with E-state index in [9.17, 15) is 23.1 Å². The predicted octanol–water partition coefficient (Wildman–Crippen LogP) is 1.98. The lowest BCUT2D eigenvalue weighted by Crippen LogP contribution is -2.74. The van der Waals surface area contributed by atoms with Crippen LogP contribution in [0.4, 0.5) is 13.2 Å². The number of halogens is 3. The number of hydrogen-bond acceptors (Lipinski definition) is 3. The molecule has 4 nitrogen and oxygen atoms in total. The van der Waals surface area contributed by atoms with Gasteiger partial charge in [-0.15, -0.1) is 0 Å². The van der Waals surface area contributed by atoms with E-state index in [0.717, 1.165) is 0 Å². The maximum absolute atomic E-state index is 12.7. The van der Waals surface area contributed by atoms with Crippen LogP contribution in [0.2, 0.25) is 0 Å². The molecule has 1 N–H and O–H groups in total. The second kappa shape index (κ2) is 4.59. The highest BCUT2D eigenvalue weighted by molar-refractivity contribution is 5.90. The Bertz CT molecular complexity index is 438. The molecule has 0 aromatic rings. The second-order valence-electron chi connectivity index (χ2n) is 7.21. The molecule has 0 aromatic carbocycles. The van der Waals surface area contributed by atoms with Gasteiger partial charge < -0.3 is 10.0 Å². The zero-order chi connectivity index (χ0) is 16.3. The van der Waals surface area contributed by atoms with Gasteiger partial charge >= 0.3 is 6.18 Å². The van der Waals surface area contributed by atoms with E-state index in [4.69, 9.17) is 0 Å². The third-order valence-corrected chi connectivity index (χ3v) is 5.54. The molecule has 122 valence electrons. The number of alkyl halides is 3. The number of β-lactam (4-membered cyclic amide) rings is 1. The smallest absolute Gasteiger partial charge is 0.380 e. The Balaban J connectivity index is 1.95. The number of amides is 1. The Hall–Kier alpha value is -0.820. The first-order valence-electron chi connectivity index (χ1n) is 7.16. The van der Waals surface area contributed by atoms with Crippen LogP contribution in [0, 0.1) is 5.41 Å². The number of hydrogen-bond donors (Lipinski definition) is 1. The van der Waals surface area contributed by atoms with Crippen molar-refractivity contribution in [1.29, 1.82) is 0 Å². The molecule has 0 saturated carbocycles. The first-order chi connectivity index (χ1) is 9.33. The number of piperidine rings is 1. The Morgan fingerprint density at radius 3 is 2.00 bits per heavy atom. The third-order valence-electron chi connectivity index (χ3n) is 5.54. The van der Waals surface area contributed by atoms with Gasteiger partial charge in [-0.25, -0.2) is 0 Å². The van der Waals surface area contributed by atoms with Gasteiger partial charge in [0.05, 0.1) is 17.6 Å². The van der Waals surface area contributed by atoms with Crippen molar-refractivity contribution in [3.8, 4) is 0 Å². The first-order valence-corrected chi connectivity index (χ1v) is 7.16. The first kappa shape index (κ1) is 16.5. The monoisotopic (exact) mass is 308 g/mol. The Labute approximate surface area is 122 Å². The largest absolute Gasteiger partial charge is 0.417 e. The van der Waals surface area contributed by atoms with E-state index in [-0.39, 0.29) is 37.4 Å². The molecule has 0 aliphatic carbocycles. The van der Waals surface area contributed by atoms with Crippen molar-refractivity contribution in [2.75, 3.05) is 19.8 Å². The highest BCUT2D eigenvalue weighted by Gasteiger charge is 2.61. The van der Waals surface area contributed by atoms with Gasteiger partial charge in [-0.3, -0.25) is 9.69 Å². The van der Waals surface area contributed by atoms with Gasteiger partial charge in [-0.2, -0.15) is 13.2 Å². The van der Waals surface area contributed by atoms with Gasteiger partial charge in [0.15, 0.2) is 5.60 Å². The molecule has 2 heterocycles. The van der Waals surface area contributed by atoms with Gasteiger partial charge in [-0.1, -0.05) is 0 Å². The number of likely N-dealkylation sites (tertiary alicyclic amines) is 2. The van der Waals surface area contributed by atoms with Crippen LogP contribution in [0.15, 0.2) is 0 Å². The summed E-state index contributed by atoms with van der Waals surface area (Å²) >= 11 is 0. The van der Waals surface area contributed by atoms with Gasteiger partial charge in [-0.05, 0) is 40.5 Å². The number of aliphatic hydroxyl groups is 1. The van der Waals surface area contributed by atoms with Crippen LogP contribution in [-0.2, 0) is 4.79 Å². The van der Waals surface area contributed by atoms with Crippen molar-refractivity contribution in [2.24, 2.45) is 5.41 Å². The Kier molecular flexibility index (Phi) is 3.61. The van der Waals surface area contributed by atoms with Crippen LogP contribution in [0.5, 0.6) is 0 Å². The van der Waals surface area contributed by atoms with Crippen LogP contribution in [0.3, 0.4) is 0 Å². The van der Waals surface area contributed by atoms with Crippen LogP contribution in [-0.4, -0.2) is 57.9 Å². The summed E-state index contributed by atoms with van der Waals surface area (Å²) in [7, 11) is 0. The maximum atomic E-state index is 12.7. The highest BCUT2D eigenvalue weighted by Crippen LogP contribution is 2.48. The zero-order valence-corrected chi connectivity index (χ0v) is 12.9. The van der Waals surface area contributed by atoms with Crippen LogP contribution < -0.4 is 0 Å². The molecule has 7 heteroatoms. The topological polar surface area (TPSA) is 43.8 Å². The van der Waals surface area contributed by atoms with Crippen molar-refractivity contribution < 1.29 is 23.1 Å². The van der Waals surface area contributed by atoms with Crippen molar-refractivity contribution >= 4 is 5.91 Å². The lowest BCUT2D eigenvalue weighted by atomic mass is 9.64. The Morgan fingerprint density at radius 2 is 1.62 bits per heavy atom. The maximum Gasteiger partial charge on any atom is 0.417 e. The summed E-state index contributed by atoms with van der Waals surface area (Å²) in [5, 5.41) is 9.64. The second-order valence-corrected chi connectivity index (χ2v) is 7.21. The van der Waals surface area contributed by atoms with Crippen molar-refractivity contribution in [1.82, 2.24) is 9.80 Å². The molecule has 2 aliphatic rings. The van der Waals surface area contributed by atoms with Crippen molar-refractivity contribution in [2.45, 2.75) is 57.9 Å². The molecule has 2 saturated heterocycles. The molecule has 21 heavy (non-hydrogen) atoms. The summed E-state index contributed by atoms with van der Waals surface area (Å²) in [5.41, 5.74) is -3.35. The predicted molar refractivity (Wildman–Crippen MR) is 71.4 cm³/mol. The standard InChI is InChI=1S/C14H23F3N2O2/c1-11(2)10(20)19(12(11,3)4)9-18-7-5-13(21,6-8-18)14(15,16)17/h21H,5-9H2,1-4H3. The minimum Gasteiger partial charge on any atom is -0.380 e. The van der Waals surface area contributed by atoms with Crippen molar-refractivity contribution in [3.05, 3.63) is 0 Å². The summed E-state index contributed by atoms with van der Waals surface area (Å²) in [5.74, 6) is 0.0177.